The van der Waals surface area contributed by atoms with Crippen LogP contribution in [0.3, 0.4) is 0 Å². The molecule has 1 rings (SSSR count). The van der Waals surface area contributed by atoms with Gasteiger partial charge < -0.3 is 9.84 Å². The molecule has 1 N–H and O–H groups in total. The van der Waals surface area contributed by atoms with E-state index in [0.717, 1.165) is 0 Å². The second kappa shape index (κ2) is 6.21. The van der Waals surface area contributed by atoms with Crippen LogP contribution in [0.15, 0.2) is 30.4 Å². The molecule has 0 radical (unpaired) electrons. The molecule has 0 fully saturated rings. The van der Waals surface area contributed by atoms with Gasteiger partial charge in [0.2, 0.25) is 0 Å². The van der Waals surface area contributed by atoms with Crippen molar-refractivity contribution in [2.75, 3.05) is 6.61 Å². The fraction of sp³-hybridized carbons (Fsp3) is 0.231. The lowest BCUT2D eigenvalue weighted by atomic mass is 10.0. The Morgan fingerprint density at radius 1 is 1.44 bits per heavy atom. The Morgan fingerprint density at radius 2 is 2.11 bits per heavy atom. The zero-order valence-corrected chi connectivity index (χ0v) is 10.7. The van der Waals surface area contributed by atoms with Crippen LogP contribution in [-0.2, 0) is 4.79 Å². The van der Waals surface area contributed by atoms with Gasteiger partial charge in [0.15, 0.2) is 12.4 Å². The van der Waals surface area contributed by atoms with E-state index in [1.807, 2.05) is 6.92 Å². The highest BCUT2D eigenvalue weighted by Crippen LogP contribution is 2.25. The molecule has 0 aliphatic carbocycles. The molecule has 0 aromatic heterocycles. The molecule has 0 bridgehead atoms. The first kappa shape index (κ1) is 14.3. The summed E-state index contributed by atoms with van der Waals surface area (Å²) in [6.45, 7) is 5.03. The number of Topliss-reactive ketones (excluding diaryl/α,β-unsaturated/α-hetero) is 1. The second-order valence-electron chi connectivity index (χ2n) is 3.61. The SMILES string of the molecule is C=C(CC)C(=O)c1ccc(OCC(=O)O)cc1Cl. The van der Waals surface area contributed by atoms with E-state index in [1.54, 1.807) is 0 Å². The number of ketones is 1. The normalized spacial score (nSPS) is 9.89. The fourth-order valence-electron chi connectivity index (χ4n) is 1.27. The van der Waals surface area contributed by atoms with Crippen LogP contribution in [0.5, 0.6) is 5.75 Å². The number of carboxylic acid groups (broad SMARTS) is 1. The number of carboxylic acids is 1. The Hall–Kier alpha value is -1.81. The Balaban J connectivity index is 2.89. The zero-order chi connectivity index (χ0) is 13.7. The third-order valence-electron chi connectivity index (χ3n) is 2.30. The summed E-state index contributed by atoms with van der Waals surface area (Å²) < 4.78 is 4.95. The standard InChI is InChI=1S/C13H13ClO4/c1-3-8(2)13(17)10-5-4-9(6-11(10)14)18-7-12(15)16/h4-6H,2-3,7H2,1H3,(H,15,16). The van der Waals surface area contributed by atoms with Crippen LogP contribution in [0.25, 0.3) is 0 Å². The minimum Gasteiger partial charge on any atom is -0.482 e. The first-order valence-electron chi connectivity index (χ1n) is 5.32. The molecule has 5 heteroatoms. The van der Waals surface area contributed by atoms with Crippen molar-refractivity contribution >= 4 is 23.4 Å². The van der Waals surface area contributed by atoms with Crippen LogP contribution in [0.4, 0.5) is 0 Å². The van der Waals surface area contributed by atoms with Crippen molar-refractivity contribution in [3.8, 4) is 5.75 Å². The number of hydrogen-bond donors (Lipinski definition) is 1. The Labute approximate surface area is 110 Å². The maximum atomic E-state index is 11.9. The van der Waals surface area contributed by atoms with Gasteiger partial charge in [-0.15, -0.1) is 0 Å². The molecule has 96 valence electrons. The molecule has 1 aromatic rings. The lowest BCUT2D eigenvalue weighted by Gasteiger charge is -2.07. The molecule has 0 saturated heterocycles. The largest absolute Gasteiger partial charge is 0.482 e. The molecular formula is C13H13ClO4. The van der Waals surface area contributed by atoms with Gasteiger partial charge in [-0.1, -0.05) is 25.1 Å². The van der Waals surface area contributed by atoms with Crippen LogP contribution in [0.2, 0.25) is 5.02 Å². The molecule has 18 heavy (non-hydrogen) atoms. The van der Waals surface area contributed by atoms with Crippen molar-refractivity contribution in [2.45, 2.75) is 13.3 Å². The van der Waals surface area contributed by atoms with Crippen molar-refractivity contribution in [3.63, 3.8) is 0 Å². The van der Waals surface area contributed by atoms with Gasteiger partial charge in [-0.3, -0.25) is 4.79 Å². The van der Waals surface area contributed by atoms with Gasteiger partial charge in [0.05, 0.1) is 5.02 Å². The number of aliphatic carboxylic acids is 1. The number of allylic oxidation sites excluding steroid dienone is 1. The molecule has 0 saturated carbocycles. The van der Waals surface area contributed by atoms with Crippen molar-refractivity contribution in [2.24, 2.45) is 0 Å². The predicted octanol–water partition coefficient (Wildman–Crippen LogP) is 2.95. The maximum Gasteiger partial charge on any atom is 0.341 e. The van der Waals surface area contributed by atoms with Crippen LogP contribution < -0.4 is 4.74 Å². The summed E-state index contributed by atoms with van der Waals surface area (Å²) >= 11 is 5.95. The molecule has 4 nitrogen and oxygen atoms in total. The summed E-state index contributed by atoms with van der Waals surface area (Å²) in [7, 11) is 0. The van der Waals surface area contributed by atoms with Gasteiger partial charge in [-0.05, 0) is 30.2 Å². The fourth-order valence-corrected chi connectivity index (χ4v) is 1.52. The molecule has 0 heterocycles. The summed E-state index contributed by atoms with van der Waals surface area (Å²) in [6.07, 6.45) is 0.548. The molecule has 0 amide bonds. The van der Waals surface area contributed by atoms with Gasteiger partial charge in [-0.25, -0.2) is 4.79 Å². The Kier molecular flexibility index (Phi) is 4.92. The summed E-state index contributed by atoms with van der Waals surface area (Å²) in [5.41, 5.74) is 0.808. The summed E-state index contributed by atoms with van der Waals surface area (Å²) in [4.78, 5) is 22.2. The van der Waals surface area contributed by atoms with Crippen LogP contribution in [0.1, 0.15) is 23.7 Å². The van der Waals surface area contributed by atoms with E-state index in [-0.39, 0.29) is 10.8 Å². The minimum atomic E-state index is -1.08. The average Bonchev–Trinajstić information content (AvgIpc) is 2.34. The van der Waals surface area contributed by atoms with E-state index in [9.17, 15) is 9.59 Å². The Bertz CT molecular complexity index is 494. The van der Waals surface area contributed by atoms with E-state index in [2.05, 4.69) is 6.58 Å². The number of hydrogen-bond acceptors (Lipinski definition) is 3. The second-order valence-corrected chi connectivity index (χ2v) is 4.02. The van der Waals surface area contributed by atoms with Crippen molar-refractivity contribution < 1.29 is 19.4 Å². The van der Waals surface area contributed by atoms with Gasteiger partial charge in [0, 0.05) is 5.56 Å². The molecule has 0 atom stereocenters. The topological polar surface area (TPSA) is 63.6 Å². The number of carbonyl (C=O) groups is 2. The van der Waals surface area contributed by atoms with Crippen molar-refractivity contribution in [1.82, 2.24) is 0 Å². The van der Waals surface area contributed by atoms with Gasteiger partial charge in [-0.2, -0.15) is 0 Å². The first-order valence-corrected chi connectivity index (χ1v) is 5.70. The molecule has 0 unspecified atom stereocenters. The van der Waals surface area contributed by atoms with E-state index < -0.39 is 12.6 Å². The lowest BCUT2D eigenvalue weighted by Crippen LogP contribution is -2.09. The predicted molar refractivity (Wildman–Crippen MR) is 68.3 cm³/mol. The summed E-state index contributed by atoms with van der Waals surface area (Å²) in [5, 5.41) is 8.69. The Morgan fingerprint density at radius 3 is 2.61 bits per heavy atom. The lowest BCUT2D eigenvalue weighted by molar-refractivity contribution is -0.139. The van der Waals surface area contributed by atoms with Crippen LogP contribution in [-0.4, -0.2) is 23.5 Å². The van der Waals surface area contributed by atoms with Gasteiger partial charge in [0.25, 0.3) is 0 Å². The molecule has 0 aliphatic rings. The van der Waals surface area contributed by atoms with Gasteiger partial charge >= 0.3 is 5.97 Å². The van der Waals surface area contributed by atoms with Crippen molar-refractivity contribution in [1.29, 1.82) is 0 Å². The number of rotatable bonds is 6. The number of carbonyl (C=O) groups excluding carboxylic acids is 1. The van der Waals surface area contributed by atoms with E-state index in [0.29, 0.717) is 23.3 Å². The summed E-state index contributed by atoms with van der Waals surface area (Å²) in [5.74, 6) is -0.987. The quantitative estimate of drug-likeness (QED) is 0.636. The highest BCUT2D eigenvalue weighted by Gasteiger charge is 2.13. The van der Waals surface area contributed by atoms with Gasteiger partial charge in [0.1, 0.15) is 5.75 Å². The number of ether oxygens (including phenoxy) is 1. The third kappa shape index (κ3) is 3.60. The molecular weight excluding hydrogens is 256 g/mol. The zero-order valence-electron chi connectivity index (χ0n) is 9.90. The average molecular weight is 269 g/mol. The maximum absolute atomic E-state index is 11.9. The highest BCUT2D eigenvalue weighted by molar-refractivity contribution is 6.35. The van der Waals surface area contributed by atoms with E-state index in [4.69, 9.17) is 21.4 Å². The van der Waals surface area contributed by atoms with Crippen molar-refractivity contribution in [3.05, 3.63) is 40.9 Å². The van der Waals surface area contributed by atoms with E-state index in [1.165, 1.54) is 18.2 Å². The van der Waals surface area contributed by atoms with Crippen LogP contribution in [0, 0.1) is 0 Å². The smallest absolute Gasteiger partial charge is 0.341 e. The highest BCUT2D eigenvalue weighted by atomic mass is 35.5. The third-order valence-corrected chi connectivity index (χ3v) is 2.61. The molecule has 0 spiro atoms. The first-order chi connectivity index (χ1) is 8.45. The summed E-state index contributed by atoms with van der Waals surface area (Å²) in [6, 6.07) is 4.42. The number of benzene rings is 1. The van der Waals surface area contributed by atoms with E-state index >= 15 is 0 Å². The minimum absolute atomic E-state index is 0.215. The monoisotopic (exact) mass is 268 g/mol. The number of halogens is 1. The molecule has 0 aliphatic heterocycles. The van der Waals surface area contributed by atoms with Crippen LogP contribution >= 0.6 is 11.6 Å². The molecule has 1 aromatic carbocycles.